The van der Waals surface area contributed by atoms with Crippen LogP contribution >= 0.6 is 11.6 Å². The van der Waals surface area contributed by atoms with Gasteiger partial charge >= 0.3 is 0 Å². The molecule has 0 unspecified atom stereocenters. The quantitative estimate of drug-likeness (QED) is 0.798. The van der Waals surface area contributed by atoms with Crippen LogP contribution in [0.1, 0.15) is 24.7 Å². The number of imidazole rings is 1. The lowest BCUT2D eigenvalue weighted by Gasteiger charge is -2.36. The number of hydrogen-bond acceptors (Lipinski definition) is 3. The van der Waals surface area contributed by atoms with Crippen molar-refractivity contribution in [2.75, 3.05) is 13.0 Å². The highest BCUT2D eigenvalue weighted by Gasteiger charge is 2.33. The van der Waals surface area contributed by atoms with Crippen LogP contribution in [0.3, 0.4) is 0 Å². The molecule has 0 atom stereocenters. The molecule has 18 heavy (non-hydrogen) atoms. The summed E-state index contributed by atoms with van der Waals surface area (Å²) in [5, 5.41) is 0. The molecule has 0 aromatic carbocycles. The van der Waals surface area contributed by atoms with Crippen LogP contribution in [-0.2, 0) is 11.2 Å². The maximum absolute atomic E-state index is 5.86. The van der Waals surface area contributed by atoms with Crippen molar-refractivity contribution in [2.45, 2.75) is 31.4 Å². The van der Waals surface area contributed by atoms with E-state index in [-0.39, 0.29) is 0 Å². The van der Waals surface area contributed by atoms with E-state index < -0.39 is 0 Å². The van der Waals surface area contributed by atoms with E-state index in [1.54, 1.807) is 7.11 Å². The van der Waals surface area contributed by atoms with Crippen molar-refractivity contribution in [1.29, 1.82) is 0 Å². The lowest BCUT2D eigenvalue weighted by molar-refractivity contribution is 0.00649. The summed E-state index contributed by atoms with van der Waals surface area (Å²) in [7, 11) is 1.77. The van der Waals surface area contributed by atoms with Crippen LogP contribution in [0.4, 0.5) is 0 Å². The number of methoxy groups -OCH3 is 1. The van der Waals surface area contributed by atoms with Gasteiger partial charge < -0.3 is 9.30 Å². The van der Waals surface area contributed by atoms with E-state index in [4.69, 9.17) is 16.3 Å². The third-order valence-electron chi connectivity index (χ3n) is 3.61. The molecule has 1 aliphatic carbocycles. The van der Waals surface area contributed by atoms with Crippen molar-refractivity contribution < 1.29 is 4.74 Å². The molecule has 0 N–H and O–H groups in total. The largest absolute Gasteiger partial charge is 0.381 e. The molecule has 0 aliphatic heterocycles. The van der Waals surface area contributed by atoms with Gasteiger partial charge in [0.25, 0.3) is 0 Å². The topological polar surface area (TPSA) is 39.9 Å². The van der Waals surface area contributed by atoms with E-state index in [1.165, 1.54) is 0 Å². The molecule has 2 heterocycles. The zero-order chi connectivity index (χ0) is 12.5. The zero-order valence-electron chi connectivity index (χ0n) is 10.3. The van der Waals surface area contributed by atoms with Crippen molar-refractivity contribution in [3.63, 3.8) is 0 Å². The Morgan fingerprint density at radius 2 is 2.33 bits per heavy atom. The molecule has 3 rings (SSSR count). The summed E-state index contributed by atoms with van der Waals surface area (Å²) in [5.74, 6) is 1.63. The minimum absolute atomic E-state index is 0.375. The smallest absolute Gasteiger partial charge is 0.160 e. The second-order valence-electron chi connectivity index (χ2n) is 4.67. The van der Waals surface area contributed by atoms with E-state index in [0.717, 1.165) is 36.3 Å². The molecule has 1 fully saturated rings. The Morgan fingerprint density at radius 3 is 3.06 bits per heavy atom. The van der Waals surface area contributed by atoms with Crippen LogP contribution in [0.15, 0.2) is 18.3 Å². The molecule has 4 nitrogen and oxygen atoms in total. The zero-order valence-corrected chi connectivity index (χ0v) is 11.1. The average molecular weight is 266 g/mol. The Hall–Kier alpha value is -1.13. The SMILES string of the molecule is COC1CC(n2c(CCCl)nc3cccnc32)C1. The van der Waals surface area contributed by atoms with Crippen LogP contribution in [0.2, 0.25) is 0 Å². The summed E-state index contributed by atoms with van der Waals surface area (Å²) in [4.78, 5) is 9.09. The molecule has 2 aromatic heterocycles. The van der Waals surface area contributed by atoms with Gasteiger partial charge in [-0.15, -0.1) is 11.6 Å². The van der Waals surface area contributed by atoms with Gasteiger partial charge in [0.05, 0.1) is 6.10 Å². The van der Waals surface area contributed by atoms with Crippen molar-refractivity contribution >= 4 is 22.8 Å². The molecule has 1 saturated carbocycles. The Bertz CT molecular complexity index is 548. The maximum atomic E-state index is 5.86. The number of alkyl halides is 1. The van der Waals surface area contributed by atoms with Gasteiger partial charge in [-0.05, 0) is 25.0 Å². The molecule has 1 aliphatic rings. The number of halogens is 1. The lowest BCUT2D eigenvalue weighted by Crippen LogP contribution is -2.33. The fraction of sp³-hybridized carbons (Fsp3) is 0.538. The number of hydrogen-bond donors (Lipinski definition) is 0. The Morgan fingerprint density at radius 1 is 1.50 bits per heavy atom. The highest BCUT2D eigenvalue weighted by atomic mass is 35.5. The number of aromatic nitrogens is 3. The second kappa shape index (κ2) is 4.86. The van der Waals surface area contributed by atoms with Gasteiger partial charge in [0.1, 0.15) is 11.3 Å². The van der Waals surface area contributed by atoms with Gasteiger partial charge in [-0.3, -0.25) is 0 Å². The molecular weight excluding hydrogens is 250 g/mol. The molecular formula is C13H16ClN3O. The van der Waals surface area contributed by atoms with E-state index in [9.17, 15) is 0 Å². The summed E-state index contributed by atoms with van der Waals surface area (Å²) in [6.07, 6.45) is 5.05. The third kappa shape index (κ3) is 1.89. The van der Waals surface area contributed by atoms with Gasteiger partial charge in [-0.1, -0.05) is 0 Å². The number of aryl methyl sites for hydroxylation is 1. The van der Waals surface area contributed by atoms with E-state index in [2.05, 4.69) is 14.5 Å². The molecule has 0 radical (unpaired) electrons. The number of fused-ring (bicyclic) bond motifs is 1. The van der Waals surface area contributed by atoms with Crippen LogP contribution in [-0.4, -0.2) is 33.6 Å². The first-order valence-electron chi connectivity index (χ1n) is 6.24. The van der Waals surface area contributed by atoms with Gasteiger partial charge in [0.15, 0.2) is 5.65 Å². The lowest BCUT2D eigenvalue weighted by atomic mass is 9.89. The fourth-order valence-corrected chi connectivity index (χ4v) is 2.73. The number of ether oxygens (including phenoxy) is 1. The van der Waals surface area contributed by atoms with Crippen molar-refractivity contribution in [3.8, 4) is 0 Å². The summed E-state index contributed by atoms with van der Waals surface area (Å²) in [5.41, 5.74) is 1.93. The van der Waals surface area contributed by atoms with Crippen LogP contribution < -0.4 is 0 Å². The number of rotatable bonds is 4. The van der Waals surface area contributed by atoms with E-state index in [1.807, 2.05) is 18.3 Å². The molecule has 96 valence electrons. The minimum Gasteiger partial charge on any atom is -0.381 e. The normalized spacial score (nSPS) is 23.2. The van der Waals surface area contributed by atoms with Crippen molar-refractivity contribution in [3.05, 3.63) is 24.2 Å². The number of nitrogens with zero attached hydrogens (tertiary/aromatic N) is 3. The first-order valence-corrected chi connectivity index (χ1v) is 6.77. The Balaban J connectivity index is 1.99. The fourth-order valence-electron chi connectivity index (χ4n) is 2.56. The highest BCUT2D eigenvalue weighted by Crippen LogP contribution is 2.37. The minimum atomic E-state index is 0.375. The highest BCUT2D eigenvalue weighted by molar-refractivity contribution is 6.17. The van der Waals surface area contributed by atoms with E-state index in [0.29, 0.717) is 18.0 Å². The first kappa shape index (κ1) is 11.9. The number of pyridine rings is 1. The summed E-state index contributed by atoms with van der Waals surface area (Å²) in [6.45, 7) is 0. The van der Waals surface area contributed by atoms with Gasteiger partial charge in [-0.2, -0.15) is 0 Å². The summed E-state index contributed by atoms with van der Waals surface area (Å²) in [6, 6.07) is 4.37. The van der Waals surface area contributed by atoms with Crippen LogP contribution in [0.5, 0.6) is 0 Å². The Labute approximate surface area is 111 Å². The summed E-state index contributed by atoms with van der Waals surface area (Å²) >= 11 is 5.86. The van der Waals surface area contributed by atoms with Crippen molar-refractivity contribution in [1.82, 2.24) is 14.5 Å². The molecule has 0 amide bonds. The van der Waals surface area contributed by atoms with Gasteiger partial charge in [0.2, 0.25) is 0 Å². The maximum Gasteiger partial charge on any atom is 0.160 e. The first-order chi connectivity index (χ1) is 8.83. The van der Waals surface area contributed by atoms with Gasteiger partial charge in [0, 0.05) is 31.6 Å². The molecule has 2 aromatic rings. The standard InChI is InChI=1S/C13H16ClN3O/c1-18-10-7-9(8-10)17-12(4-5-14)16-11-3-2-6-15-13(11)17/h2-3,6,9-10H,4-5,7-8H2,1H3. The Kier molecular flexibility index (Phi) is 3.22. The molecule has 5 heteroatoms. The van der Waals surface area contributed by atoms with Gasteiger partial charge in [-0.25, -0.2) is 9.97 Å². The third-order valence-corrected chi connectivity index (χ3v) is 3.80. The summed E-state index contributed by atoms with van der Waals surface area (Å²) < 4.78 is 7.59. The van der Waals surface area contributed by atoms with E-state index >= 15 is 0 Å². The predicted octanol–water partition coefficient (Wildman–Crippen LogP) is 2.56. The molecule has 0 spiro atoms. The predicted molar refractivity (Wildman–Crippen MR) is 71.0 cm³/mol. The average Bonchev–Trinajstić information content (AvgIpc) is 2.67. The van der Waals surface area contributed by atoms with Crippen LogP contribution in [0, 0.1) is 0 Å². The molecule has 0 bridgehead atoms. The van der Waals surface area contributed by atoms with Crippen molar-refractivity contribution in [2.24, 2.45) is 0 Å². The monoisotopic (exact) mass is 265 g/mol. The van der Waals surface area contributed by atoms with Crippen LogP contribution in [0.25, 0.3) is 11.2 Å². The molecule has 0 saturated heterocycles. The second-order valence-corrected chi connectivity index (χ2v) is 5.04.